The molecule has 0 aliphatic rings. The van der Waals surface area contributed by atoms with E-state index in [1.165, 1.54) is 0 Å². The Kier molecular flexibility index (Phi) is 3.86. The molecule has 0 atom stereocenters. The molecule has 0 aliphatic carbocycles. The molecule has 0 radical (unpaired) electrons. The van der Waals surface area contributed by atoms with Crippen molar-refractivity contribution < 1.29 is 4.42 Å². The van der Waals surface area contributed by atoms with E-state index in [4.69, 9.17) is 26.3 Å². The van der Waals surface area contributed by atoms with Gasteiger partial charge >= 0.3 is 0 Å². The fraction of sp³-hybridized carbons (Fsp3) is 0. The number of hydrogen-bond acceptors (Lipinski definition) is 3. The van der Waals surface area contributed by atoms with E-state index in [2.05, 4.69) is 12.1 Å². The van der Waals surface area contributed by atoms with Gasteiger partial charge in [-0.25, -0.2) is 4.98 Å². The van der Waals surface area contributed by atoms with Crippen LogP contribution in [0.25, 0.3) is 44.5 Å². The summed E-state index contributed by atoms with van der Waals surface area (Å²) < 4.78 is 6.21. The number of hydrogen-bond donors (Lipinski definition) is 0. The molecule has 0 bridgehead atoms. The number of nitriles is 1. The topological polar surface area (TPSA) is 49.8 Å². The lowest BCUT2D eigenvalue weighted by Crippen LogP contribution is -1.87. The lowest BCUT2D eigenvalue weighted by molar-refractivity contribution is 0.623. The Bertz CT molecular complexity index is 1400. The number of benzene rings is 4. The summed E-state index contributed by atoms with van der Waals surface area (Å²) in [6.07, 6.45) is 0. The Hall–Kier alpha value is -3.61. The average Bonchev–Trinajstić information content (AvgIpc) is 3.18. The minimum absolute atomic E-state index is 0.521. The van der Waals surface area contributed by atoms with Crippen LogP contribution in [-0.4, -0.2) is 4.98 Å². The molecule has 1 heterocycles. The Labute approximate surface area is 166 Å². The summed E-state index contributed by atoms with van der Waals surface area (Å²) in [5.74, 6) is 0.544. The molecule has 0 saturated heterocycles. The molecule has 4 heteroatoms. The van der Waals surface area contributed by atoms with E-state index in [0.29, 0.717) is 16.5 Å². The maximum atomic E-state index is 9.09. The fourth-order valence-electron chi connectivity index (χ4n) is 3.48. The number of nitrogens with zero attached hydrogens (tertiary/aromatic N) is 2. The highest BCUT2D eigenvalue weighted by Gasteiger charge is 2.16. The van der Waals surface area contributed by atoms with Gasteiger partial charge in [0.25, 0.3) is 0 Å². The van der Waals surface area contributed by atoms with Crippen LogP contribution in [0.4, 0.5) is 0 Å². The standard InChI is InChI=1S/C24H13ClN2O/c25-21-13-15(14-26)9-11-19(21)18-7-3-4-8-20(18)24-27-22-12-10-16-5-1-2-6-17(16)23(22)28-24/h1-13H. The first-order valence-electron chi connectivity index (χ1n) is 8.82. The molecule has 0 fully saturated rings. The second kappa shape index (κ2) is 6.53. The Balaban J connectivity index is 1.73. The van der Waals surface area contributed by atoms with Crippen LogP contribution in [0.2, 0.25) is 5.02 Å². The second-order valence-electron chi connectivity index (χ2n) is 6.51. The third-order valence-electron chi connectivity index (χ3n) is 4.83. The third kappa shape index (κ3) is 2.63. The summed E-state index contributed by atoms with van der Waals surface area (Å²) in [6, 6.07) is 27.4. The van der Waals surface area contributed by atoms with E-state index in [-0.39, 0.29) is 0 Å². The molecule has 5 rings (SSSR count). The van der Waals surface area contributed by atoms with Crippen molar-refractivity contribution in [3.8, 4) is 28.7 Å². The monoisotopic (exact) mass is 380 g/mol. The zero-order valence-electron chi connectivity index (χ0n) is 14.7. The van der Waals surface area contributed by atoms with Crippen LogP contribution in [0, 0.1) is 11.3 Å². The zero-order chi connectivity index (χ0) is 19.1. The average molecular weight is 381 g/mol. The minimum Gasteiger partial charge on any atom is -0.435 e. The third-order valence-corrected chi connectivity index (χ3v) is 5.14. The number of rotatable bonds is 2. The van der Waals surface area contributed by atoms with E-state index in [1.807, 2.05) is 60.7 Å². The Morgan fingerprint density at radius 1 is 0.821 bits per heavy atom. The van der Waals surface area contributed by atoms with Crippen molar-refractivity contribution in [3.05, 3.63) is 89.4 Å². The molecule has 0 aliphatic heterocycles. The normalized spacial score (nSPS) is 11.0. The first-order chi connectivity index (χ1) is 13.7. The molecule has 0 amide bonds. The maximum absolute atomic E-state index is 9.09. The summed E-state index contributed by atoms with van der Waals surface area (Å²) in [7, 11) is 0. The molecular formula is C24H13ClN2O. The molecule has 1 aromatic heterocycles. The van der Waals surface area contributed by atoms with E-state index in [9.17, 15) is 0 Å². The van der Waals surface area contributed by atoms with Gasteiger partial charge in [-0.1, -0.05) is 66.2 Å². The molecule has 4 aromatic carbocycles. The lowest BCUT2D eigenvalue weighted by atomic mass is 9.98. The van der Waals surface area contributed by atoms with Gasteiger partial charge in [0.15, 0.2) is 5.58 Å². The largest absolute Gasteiger partial charge is 0.435 e. The van der Waals surface area contributed by atoms with E-state index in [1.54, 1.807) is 12.1 Å². The molecule has 0 N–H and O–H groups in total. The number of oxazole rings is 1. The molecule has 28 heavy (non-hydrogen) atoms. The van der Waals surface area contributed by atoms with Crippen molar-refractivity contribution in [2.75, 3.05) is 0 Å². The maximum Gasteiger partial charge on any atom is 0.227 e. The molecular weight excluding hydrogens is 368 g/mol. The van der Waals surface area contributed by atoms with Crippen molar-refractivity contribution in [2.45, 2.75) is 0 Å². The number of aromatic nitrogens is 1. The number of halogens is 1. The summed E-state index contributed by atoms with van der Waals surface area (Å²) in [5.41, 5.74) is 4.72. The van der Waals surface area contributed by atoms with Gasteiger partial charge in [-0.15, -0.1) is 0 Å². The number of fused-ring (bicyclic) bond motifs is 3. The van der Waals surface area contributed by atoms with Crippen molar-refractivity contribution in [2.24, 2.45) is 0 Å². The molecule has 3 nitrogen and oxygen atoms in total. The van der Waals surface area contributed by atoms with Gasteiger partial charge in [-0.05, 0) is 35.2 Å². The van der Waals surface area contributed by atoms with Gasteiger partial charge in [0, 0.05) is 21.5 Å². The molecule has 0 saturated carbocycles. The summed E-state index contributed by atoms with van der Waals surface area (Å²) in [6.45, 7) is 0. The van der Waals surface area contributed by atoms with Gasteiger partial charge in [0.2, 0.25) is 5.89 Å². The molecule has 0 spiro atoms. The first-order valence-corrected chi connectivity index (χ1v) is 9.20. The summed E-state index contributed by atoms with van der Waals surface area (Å²) in [4.78, 5) is 4.72. The highest BCUT2D eigenvalue weighted by atomic mass is 35.5. The highest BCUT2D eigenvalue weighted by molar-refractivity contribution is 6.33. The smallest absolute Gasteiger partial charge is 0.227 e. The summed E-state index contributed by atoms with van der Waals surface area (Å²) in [5, 5.41) is 11.8. The Morgan fingerprint density at radius 2 is 1.61 bits per heavy atom. The van der Waals surface area contributed by atoms with Crippen LogP contribution in [0.5, 0.6) is 0 Å². The molecule has 132 valence electrons. The minimum atomic E-state index is 0.521. The second-order valence-corrected chi connectivity index (χ2v) is 6.91. The zero-order valence-corrected chi connectivity index (χ0v) is 15.4. The van der Waals surface area contributed by atoms with Crippen LogP contribution in [0.15, 0.2) is 83.3 Å². The van der Waals surface area contributed by atoms with Crippen LogP contribution >= 0.6 is 11.6 Å². The van der Waals surface area contributed by atoms with Crippen LogP contribution < -0.4 is 0 Å². The van der Waals surface area contributed by atoms with Gasteiger partial charge in [0.1, 0.15) is 5.52 Å². The SMILES string of the molecule is N#Cc1ccc(-c2ccccc2-c2nc3ccc4ccccc4c3o2)c(Cl)c1. The van der Waals surface area contributed by atoms with Crippen LogP contribution in [0.1, 0.15) is 5.56 Å². The van der Waals surface area contributed by atoms with Gasteiger partial charge in [-0.3, -0.25) is 0 Å². The predicted molar refractivity (Wildman–Crippen MR) is 112 cm³/mol. The van der Waals surface area contributed by atoms with Crippen molar-refractivity contribution >= 4 is 33.5 Å². The van der Waals surface area contributed by atoms with Gasteiger partial charge in [-0.2, -0.15) is 5.26 Å². The van der Waals surface area contributed by atoms with E-state index in [0.717, 1.165) is 38.6 Å². The van der Waals surface area contributed by atoms with Gasteiger partial charge in [0.05, 0.1) is 11.6 Å². The van der Waals surface area contributed by atoms with Crippen LogP contribution in [-0.2, 0) is 0 Å². The molecule has 0 unspecified atom stereocenters. The van der Waals surface area contributed by atoms with E-state index < -0.39 is 0 Å². The van der Waals surface area contributed by atoms with Crippen molar-refractivity contribution in [1.82, 2.24) is 4.98 Å². The summed E-state index contributed by atoms with van der Waals surface area (Å²) >= 11 is 6.46. The molecule has 5 aromatic rings. The predicted octanol–water partition coefficient (Wildman–Crippen LogP) is 6.84. The fourth-order valence-corrected chi connectivity index (χ4v) is 3.76. The van der Waals surface area contributed by atoms with Crippen molar-refractivity contribution in [3.63, 3.8) is 0 Å². The van der Waals surface area contributed by atoms with Gasteiger partial charge < -0.3 is 4.42 Å². The van der Waals surface area contributed by atoms with E-state index >= 15 is 0 Å². The lowest BCUT2D eigenvalue weighted by Gasteiger charge is -2.09. The highest BCUT2D eigenvalue weighted by Crippen LogP contribution is 2.38. The van der Waals surface area contributed by atoms with Crippen molar-refractivity contribution in [1.29, 1.82) is 5.26 Å². The van der Waals surface area contributed by atoms with Crippen LogP contribution in [0.3, 0.4) is 0 Å². The Morgan fingerprint density at radius 3 is 2.43 bits per heavy atom. The quantitative estimate of drug-likeness (QED) is 0.337. The first kappa shape index (κ1) is 16.6.